The Morgan fingerprint density at radius 1 is 1.22 bits per heavy atom. The maximum Gasteiger partial charge on any atom is 0.123 e. The highest BCUT2D eigenvalue weighted by atomic mass is 79.9. The van der Waals surface area contributed by atoms with Crippen molar-refractivity contribution in [2.75, 3.05) is 0 Å². The van der Waals surface area contributed by atoms with Crippen LogP contribution in [0.3, 0.4) is 0 Å². The van der Waals surface area contributed by atoms with Crippen LogP contribution in [0.15, 0.2) is 22.7 Å². The molecular formula is C16H21BrO. The summed E-state index contributed by atoms with van der Waals surface area (Å²) in [6.07, 6.45) is 5.96. The van der Waals surface area contributed by atoms with E-state index in [4.69, 9.17) is 4.74 Å². The third-order valence-electron chi connectivity index (χ3n) is 4.55. The normalized spacial score (nSPS) is 30.1. The summed E-state index contributed by atoms with van der Waals surface area (Å²) in [5.74, 6) is 3.37. The quantitative estimate of drug-likeness (QED) is 0.751. The molecule has 0 saturated heterocycles. The lowest BCUT2D eigenvalue weighted by Crippen LogP contribution is -2.24. The average molecular weight is 309 g/mol. The highest BCUT2D eigenvalue weighted by molar-refractivity contribution is 9.10. The number of halogens is 1. The smallest absolute Gasteiger partial charge is 0.123 e. The molecule has 0 amide bonds. The number of fused-ring (bicyclic) bond motifs is 2. The molecule has 3 unspecified atom stereocenters. The Morgan fingerprint density at radius 2 is 2.06 bits per heavy atom. The number of ether oxygens (including phenoxy) is 1. The van der Waals surface area contributed by atoms with Crippen LogP contribution in [-0.2, 0) is 0 Å². The highest BCUT2D eigenvalue weighted by Gasteiger charge is 2.41. The Kier molecular flexibility index (Phi) is 3.40. The Morgan fingerprint density at radius 3 is 2.67 bits per heavy atom. The standard InChI is InChI=1S/C16H21BrO/c1-10(2)14-9-13(17)5-6-15(14)18-16-8-11-3-4-12(16)7-11/h5-6,9-12,16H,3-4,7-8H2,1-2H3. The van der Waals surface area contributed by atoms with E-state index in [1.54, 1.807) is 0 Å². The van der Waals surface area contributed by atoms with Crippen LogP contribution in [0.25, 0.3) is 0 Å². The maximum atomic E-state index is 6.34. The molecule has 18 heavy (non-hydrogen) atoms. The van der Waals surface area contributed by atoms with Crippen LogP contribution in [0.5, 0.6) is 5.75 Å². The summed E-state index contributed by atoms with van der Waals surface area (Å²) in [5.41, 5.74) is 1.33. The van der Waals surface area contributed by atoms with Gasteiger partial charge in [0.25, 0.3) is 0 Å². The molecule has 2 fully saturated rings. The third kappa shape index (κ3) is 2.32. The largest absolute Gasteiger partial charge is 0.490 e. The van der Waals surface area contributed by atoms with Crippen LogP contribution < -0.4 is 4.74 Å². The molecule has 1 nitrogen and oxygen atoms in total. The van der Waals surface area contributed by atoms with Crippen molar-refractivity contribution < 1.29 is 4.74 Å². The van der Waals surface area contributed by atoms with Gasteiger partial charge >= 0.3 is 0 Å². The molecular weight excluding hydrogens is 288 g/mol. The van der Waals surface area contributed by atoms with E-state index in [9.17, 15) is 0 Å². The first kappa shape index (κ1) is 12.5. The van der Waals surface area contributed by atoms with Crippen molar-refractivity contribution in [3.63, 3.8) is 0 Å². The van der Waals surface area contributed by atoms with Gasteiger partial charge in [0.05, 0.1) is 0 Å². The van der Waals surface area contributed by atoms with Gasteiger partial charge in [-0.25, -0.2) is 0 Å². The lowest BCUT2D eigenvalue weighted by atomic mass is 9.97. The molecule has 0 N–H and O–H groups in total. The van der Waals surface area contributed by atoms with Gasteiger partial charge in [-0.15, -0.1) is 0 Å². The molecule has 3 atom stereocenters. The zero-order valence-electron chi connectivity index (χ0n) is 11.2. The van der Waals surface area contributed by atoms with E-state index in [2.05, 4.69) is 48.0 Å². The predicted octanol–water partition coefficient (Wildman–Crippen LogP) is 5.14. The minimum atomic E-state index is 0.474. The lowest BCUT2D eigenvalue weighted by molar-refractivity contribution is 0.136. The van der Waals surface area contributed by atoms with Gasteiger partial charge in [-0.2, -0.15) is 0 Å². The summed E-state index contributed by atoms with van der Waals surface area (Å²) in [6.45, 7) is 4.46. The Bertz CT molecular complexity index is 441. The number of rotatable bonds is 3. The molecule has 0 aromatic heterocycles. The Hall–Kier alpha value is -0.500. The second-order valence-corrected chi connectivity index (χ2v) is 7.08. The first-order valence-electron chi connectivity index (χ1n) is 7.09. The summed E-state index contributed by atoms with van der Waals surface area (Å²) < 4.78 is 7.48. The molecule has 0 heterocycles. The molecule has 0 spiro atoms. The van der Waals surface area contributed by atoms with Gasteiger partial charge < -0.3 is 4.74 Å². The second kappa shape index (κ2) is 4.88. The van der Waals surface area contributed by atoms with Gasteiger partial charge in [0, 0.05) is 4.47 Å². The van der Waals surface area contributed by atoms with E-state index in [1.807, 2.05) is 0 Å². The van der Waals surface area contributed by atoms with Crippen LogP contribution in [0, 0.1) is 11.8 Å². The van der Waals surface area contributed by atoms with Crippen LogP contribution in [0.1, 0.15) is 51.0 Å². The van der Waals surface area contributed by atoms with Crippen LogP contribution in [-0.4, -0.2) is 6.10 Å². The van der Waals surface area contributed by atoms with Crippen LogP contribution >= 0.6 is 15.9 Å². The Balaban J connectivity index is 1.80. The van der Waals surface area contributed by atoms with E-state index < -0.39 is 0 Å². The van der Waals surface area contributed by atoms with E-state index in [1.165, 1.54) is 31.2 Å². The fraction of sp³-hybridized carbons (Fsp3) is 0.625. The van der Waals surface area contributed by atoms with Gasteiger partial charge in [0.15, 0.2) is 0 Å². The number of benzene rings is 1. The Labute approximate surface area is 118 Å². The molecule has 1 aromatic carbocycles. The van der Waals surface area contributed by atoms with Crippen molar-refractivity contribution in [2.45, 2.75) is 51.6 Å². The van der Waals surface area contributed by atoms with Crippen molar-refractivity contribution in [3.8, 4) is 5.75 Å². The number of hydrogen-bond acceptors (Lipinski definition) is 1. The van der Waals surface area contributed by atoms with Crippen molar-refractivity contribution >= 4 is 15.9 Å². The van der Waals surface area contributed by atoms with Gasteiger partial charge in [-0.05, 0) is 67.2 Å². The van der Waals surface area contributed by atoms with Gasteiger partial charge in [-0.1, -0.05) is 29.8 Å². The SMILES string of the molecule is CC(C)c1cc(Br)ccc1OC1CC2CCC1C2. The second-order valence-electron chi connectivity index (χ2n) is 6.17. The molecule has 0 aliphatic heterocycles. The van der Waals surface area contributed by atoms with E-state index >= 15 is 0 Å². The van der Waals surface area contributed by atoms with Gasteiger partial charge in [-0.3, -0.25) is 0 Å². The zero-order valence-corrected chi connectivity index (χ0v) is 12.7. The molecule has 1 aromatic rings. The third-order valence-corrected chi connectivity index (χ3v) is 5.04. The highest BCUT2D eigenvalue weighted by Crippen LogP contribution is 2.46. The van der Waals surface area contributed by atoms with Gasteiger partial charge in [0.1, 0.15) is 11.9 Å². The monoisotopic (exact) mass is 308 g/mol. The van der Waals surface area contributed by atoms with Crippen molar-refractivity contribution in [1.29, 1.82) is 0 Å². The average Bonchev–Trinajstić information content (AvgIpc) is 2.93. The molecule has 2 bridgehead atoms. The molecule has 2 aliphatic carbocycles. The van der Waals surface area contributed by atoms with Crippen LogP contribution in [0.4, 0.5) is 0 Å². The molecule has 3 rings (SSSR count). The number of hydrogen-bond donors (Lipinski definition) is 0. The summed E-state index contributed by atoms with van der Waals surface area (Å²) in [4.78, 5) is 0. The fourth-order valence-electron chi connectivity index (χ4n) is 3.57. The minimum Gasteiger partial charge on any atom is -0.490 e. The van der Waals surface area contributed by atoms with E-state index in [0.29, 0.717) is 12.0 Å². The molecule has 0 radical (unpaired) electrons. The summed E-state index contributed by atoms with van der Waals surface area (Å²) in [7, 11) is 0. The van der Waals surface area contributed by atoms with E-state index in [0.717, 1.165) is 22.1 Å². The minimum absolute atomic E-state index is 0.474. The molecule has 98 valence electrons. The first-order chi connectivity index (χ1) is 8.63. The topological polar surface area (TPSA) is 9.23 Å². The van der Waals surface area contributed by atoms with Crippen molar-refractivity contribution in [3.05, 3.63) is 28.2 Å². The molecule has 2 heteroatoms. The fourth-order valence-corrected chi connectivity index (χ4v) is 3.95. The molecule has 2 aliphatic rings. The lowest BCUT2D eigenvalue weighted by Gasteiger charge is -2.25. The summed E-state index contributed by atoms with van der Waals surface area (Å²) >= 11 is 3.55. The van der Waals surface area contributed by atoms with Gasteiger partial charge in [0.2, 0.25) is 0 Å². The zero-order chi connectivity index (χ0) is 12.7. The maximum absolute atomic E-state index is 6.34. The van der Waals surface area contributed by atoms with Crippen LogP contribution in [0.2, 0.25) is 0 Å². The first-order valence-corrected chi connectivity index (χ1v) is 7.89. The predicted molar refractivity (Wildman–Crippen MR) is 78.1 cm³/mol. The summed E-state index contributed by atoms with van der Waals surface area (Å²) in [5, 5.41) is 0. The molecule has 2 saturated carbocycles. The summed E-state index contributed by atoms with van der Waals surface area (Å²) in [6, 6.07) is 6.42. The van der Waals surface area contributed by atoms with Crippen molar-refractivity contribution in [2.24, 2.45) is 11.8 Å². The van der Waals surface area contributed by atoms with Crippen molar-refractivity contribution in [1.82, 2.24) is 0 Å². The van der Waals surface area contributed by atoms with E-state index in [-0.39, 0.29) is 0 Å².